The molecule has 0 aromatic rings. The lowest BCUT2D eigenvalue weighted by atomic mass is 10.4. The van der Waals surface area contributed by atoms with E-state index in [4.69, 9.17) is 0 Å². The first-order valence-corrected chi connectivity index (χ1v) is 3.92. The molecule has 0 N–H and O–H groups in total. The zero-order valence-electron chi connectivity index (χ0n) is 8.02. The Hall–Kier alpha value is -0.500. The van der Waals surface area contributed by atoms with Crippen molar-refractivity contribution in [3.8, 4) is 0 Å². The number of nitrogens with zero attached hydrogens (tertiary/aromatic N) is 1. The van der Waals surface area contributed by atoms with Crippen molar-refractivity contribution in [2.24, 2.45) is 4.99 Å². The van der Waals surface area contributed by atoms with Crippen molar-refractivity contribution in [3.05, 3.63) is 23.8 Å². The molecule has 0 radical (unpaired) electrons. The molecular weight excluding hydrogens is 154 g/mol. The molecule has 0 aromatic carbocycles. The van der Waals surface area contributed by atoms with Gasteiger partial charge in [0.25, 0.3) is 0 Å². The number of thiol groups is 1. The van der Waals surface area contributed by atoms with Gasteiger partial charge in [-0.25, -0.2) is 0 Å². The van der Waals surface area contributed by atoms with Gasteiger partial charge in [0.1, 0.15) is 0 Å². The van der Waals surface area contributed by atoms with Gasteiger partial charge in [-0.1, -0.05) is 26.0 Å². The van der Waals surface area contributed by atoms with Crippen LogP contribution in [0, 0.1) is 0 Å². The molecule has 0 fully saturated rings. The molecule has 0 atom stereocenters. The van der Waals surface area contributed by atoms with Crippen LogP contribution in [-0.2, 0) is 0 Å². The van der Waals surface area contributed by atoms with Crippen LogP contribution < -0.4 is 0 Å². The van der Waals surface area contributed by atoms with E-state index in [1.54, 1.807) is 0 Å². The zero-order valence-corrected chi connectivity index (χ0v) is 8.91. The quantitative estimate of drug-likeness (QED) is 0.353. The molecule has 0 aliphatic heterocycles. The van der Waals surface area contributed by atoms with Crippen LogP contribution in [0.4, 0.5) is 0 Å². The highest BCUT2D eigenvalue weighted by Crippen LogP contribution is 1.91. The van der Waals surface area contributed by atoms with E-state index in [1.807, 2.05) is 27.7 Å². The van der Waals surface area contributed by atoms with Crippen molar-refractivity contribution in [2.75, 3.05) is 0 Å². The van der Waals surface area contributed by atoms with Crippen LogP contribution in [0.5, 0.6) is 0 Å². The van der Waals surface area contributed by atoms with Gasteiger partial charge < -0.3 is 0 Å². The van der Waals surface area contributed by atoms with Crippen molar-refractivity contribution >= 4 is 19.3 Å². The van der Waals surface area contributed by atoms with Gasteiger partial charge in [-0.15, -0.1) is 19.2 Å². The van der Waals surface area contributed by atoms with E-state index in [0.29, 0.717) is 5.03 Å². The molecule has 1 nitrogen and oxygen atoms in total. The molecule has 0 unspecified atom stereocenters. The maximum Gasteiger partial charge on any atom is 0.0850 e. The van der Waals surface area contributed by atoms with Crippen LogP contribution in [0.2, 0.25) is 0 Å². The number of allylic oxidation sites excluding steroid dienone is 1. The van der Waals surface area contributed by atoms with Gasteiger partial charge in [-0.2, -0.15) is 0 Å². The zero-order chi connectivity index (χ0) is 9.86. The molecule has 0 saturated heterocycles. The number of aliphatic imine (C=N–C) groups is 1. The first-order valence-electron chi connectivity index (χ1n) is 3.47. The Morgan fingerprint density at radius 1 is 1.18 bits per heavy atom. The van der Waals surface area contributed by atoms with E-state index in [-0.39, 0.29) is 0 Å². The van der Waals surface area contributed by atoms with Gasteiger partial charge in [0.15, 0.2) is 0 Å². The van der Waals surface area contributed by atoms with Gasteiger partial charge >= 0.3 is 0 Å². The van der Waals surface area contributed by atoms with Crippen molar-refractivity contribution in [1.29, 1.82) is 0 Å². The molecule has 66 valence electrons. The topological polar surface area (TPSA) is 12.4 Å². The molecule has 0 aliphatic carbocycles. The molecule has 0 spiro atoms. The van der Waals surface area contributed by atoms with E-state index in [9.17, 15) is 0 Å². The Kier molecular flexibility index (Phi) is 24.9. The maximum atomic E-state index is 3.67. The Morgan fingerprint density at radius 2 is 1.27 bits per heavy atom. The number of hydrogen-bond acceptors (Lipinski definition) is 2. The molecule has 0 bridgehead atoms. The summed E-state index contributed by atoms with van der Waals surface area (Å²) in [5.41, 5.74) is 1.17. The Labute approximate surface area is 76.3 Å². The van der Waals surface area contributed by atoms with Crippen molar-refractivity contribution in [3.63, 3.8) is 0 Å². The van der Waals surface area contributed by atoms with Crippen LogP contribution in [0.15, 0.2) is 28.8 Å². The summed E-state index contributed by atoms with van der Waals surface area (Å²) < 4.78 is 0. The molecule has 0 saturated carbocycles. The van der Waals surface area contributed by atoms with Gasteiger partial charge in [-0.05, 0) is 20.6 Å². The second kappa shape index (κ2) is 16.2. The first-order chi connectivity index (χ1) is 5.00. The third-order valence-corrected chi connectivity index (χ3v) is 0.324. The Bertz CT molecular complexity index is 113. The molecule has 0 heterocycles. The highest BCUT2D eigenvalue weighted by Gasteiger charge is 1.61. The van der Waals surface area contributed by atoms with Crippen LogP contribution in [-0.4, -0.2) is 6.72 Å². The van der Waals surface area contributed by atoms with Crippen LogP contribution >= 0.6 is 12.6 Å². The summed E-state index contributed by atoms with van der Waals surface area (Å²) in [4.78, 5) is 3.31. The third-order valence-electron chi connectivity index (χ3n) is 0.183. The Balaban J connectivity index is -0.0000000965. The van der Waals surface area contributed by atoms with Crippen LogP contribution in [0.3, 0.4) is 0 Å². The van der Waals surface area contributed by atoms with Gasteiger partial charge in [0.2, 0.25) is 0 Å². The van der Waals surface area contributed by atoms with Crippen molar-refractivity contribution in [1.82, 2.24) is 0 Å². The molecule has 0 rings (SSSR count). The minimum atomic E-state index is 0.463. The van der Waals surface area contributed by atoms with Gasteiger partial charge in [-0.3, -0.25) is 4.99 Å². The summed E-state index contributed by atoms with van der Waals surface area (Å²) in [5, 5.41) is 0.463. The van der Waals surface area contributed by atoms with Crippen molar-refractivity contribution in [2.45, 2.75) is 27.7 Å². The molecule has 11 heavy (non-hydrogen) atoms. The van der Waals surface area contributed by atoms with Gasteiger partial charge in [0.05, 0.1) is 5.03 Å². The summed E-state index contributed by atoms with van der Waals surface area (Å²) in [7, 11) is 0. The van der Waals surface area contributed by atoms with Crippen molar-refractivity contribution < 1.29 is 0 Å². The monoisotopic (exact) mass is 173 g/mol. The standard InChI is InChI=1S/C4H8.C3H5NS.C2H6/c1-4(2)3;1-3(5)4-2;1-2/h1H2,2-3H3;5H,1-2H2;1-2H3. The highest BCUT2D eigenvalue weighted by molar-refractivity contribution is 7.84. The van der Waals surface area contributed by atoms with E-state index in [1.165, 1.54) is 5.57 Å². The molecule has 0 aliphatic rings. The highest BCUT2D eigenvalue weighted by atomic mass is 32.1. The molecule has 0 aromatic heterocycles. The Morgan fingerprint density at radius 3 is 1.27 bits per heavy atom. The second-order valence-corrected chi connectivity index (χ2v) is 2.30. The fourth-order valence-corrected chi connectivity index (χ4v) is 0. The second-order valence-electron chi connectivity index (χ2n) is 1.78. The normalized spacial score (nSPS) is 5.91. The average molecular weight is 173 g/mol. The lowest BCUT2D eigenvalue weighted by Crippen LogP contribution is -1.45. The van der Waals surface area contributed by atoms with Crippen LogP contribution in [0.25, 0.3) is 0 Å². The lowest BCUT2D eigenvalue weighted by molar-refractivity contribution is 1.42. The number of hydrogen-bond donors (Lipinski definition) is 1. The van der Waals surface area contributed by atoms with E-state index >= 15 is 0 Å². The van der Waals surface area contributed by atoms with E-state index in [2.05, 4.69) is 37.5 Å². The predicted molar refractivity (Wildman–Crippen MR) is 59.5 cm³/mol. The summed E-state index contributed by atoms with van der Waals surface area (Å²) in [6, 6.07) is 0. The SMILES string of the molecule is C=C(C)C.C=NC(=C)S.CC. The lowest BCUT2D eigenvalue weighted by Gasteiger charge is -1.71. The smallest absolute Gasteiger partial charge is 0.0850 e. The summed E-state index contributed by atoms with van der Waals surface area (Å²) in [6.07, 6.45) is 0. The largest absolute Gasteiger partial charge is 0.259 e. The van der Waals surface area contributed by atoms with E-state index < -0.39 is 0 Å². The predicted octanol–water partition coefficient (Wildman–Crippen LogP) is 3.70. The van der Waals surface area contributed by atoms with Crippen LogP contribution in [0.1, 0.15) is 27.7 Å². The minimum Gasteiger partial charge on any atom is -0.259 e. The molecule has 0 amide bonds. The summed E-state index contributed by atoms with van der Waals surface area (Å²) in [6.45, 7) is 17.9. The van der Waals surface area contributed by atoms with E-state index in [0.717, 1.165) is 0 Å². The molecule has 2 heteroatoms. The fraction of sp³-hybridized carbons (Fsp3) is 0.444. The first kappa shape index (κ1) is 16.8. The summed E-state index contributed by atoms with van der Waals surface area (Å²) >= 11 is 3.67. The number of rotatable bonds is 1. The third kappa shape index (κ3) is 238. The minimum absolute atomic E-state index is 0.463. The molecular formula is C9H19NS. The maximum absolute atomic E-state index is 3.67. The average Bonchev–Trinajstić information content (AvgIpc) is 1.91. The fourth-order valence-electron chi connectivity index (χ4n) is 0. The summed E-state index contributed by atoms with van der Waals surface area (Å²) in [5.74, 6) is 0. The van der Waals surface area contributed by atoms with Gasteiger partial charge in [0, 0.05) is 0 Å².